The van der Waals surface area contributed by atoms with Gasteiger partial charge in [0.25, 0.3) is 0 Å². The van der Waals surface area contributed by atoms with E-state index >= 15 is 0 Å². The molecule has 0 N–H and O–H groups in total. The highest BCUT2D eigenvalue weighted by Gasteiger charge is 2.18. The normalized spacial score (nSPS) is 11.5. The Hall–Kier alpha value is -0.820. The highest BCUT2D eigenvalue weighted by Crippen LogP contribution is 2.30. The van der Waals surface area contributed by atoms with Crippen molar-refractivity contribution < 1.29 is 4.79 Å². The Morgan fingerprint density at radius 1 is 1.29 bits per heavy atom. The number of Topliss-reactive ketones (excluding diaryl/α,β-unsaturated/α-hetero) is 1. The lowest BCUT2D eigenvalue weighted by atomic mass is 9.86. The molecular formula is C12H15ClO. The molecule has 0 radical (unpaired) electrons. The second-order valence-electron chi connectivity index (χ2n) is 4.50. The van der Waals surface area contributed by atoms with Gasteiger partial charge in [-0.25, -0.2) is 0 Å². The van der Waals surface area contributed by atoms with Crippen LogP contribution in [0.5, 0.6) is 0 Å². The van der Waals surface area contributed by atoms with Gasteiger partial charge in [-0.05, 0) is 36.1 Å². The van der Waals surface area contributed by atoms with Gasteiger partial charge < -0.3 is 0 Å². The number of hydrogen-bond donors (Lipinski definition) is 0. The molecule has 0 aliphatic carbocycles. The van der Waals surface area contributed by atoms with E-state index in [0.29, 0.717) is 0 Å². The van der Waals surface area contributed by atoms with E-state index in [2.05, 4.69) is 20.8 Å². The Labute approximate surface area is 90.1 Å². The summed E-state index contributed by atoms with van der Waals surface area (Å²) in [7, 11) is 0. The summed E-state index contributed by atoms with van der Waals surface area (Å²) in [6, 6.07) is 5.43. The summed E-state index contributed by atoms with van der Waals surface area (Å²) in [6.07, 6.45) is 0. The van der Waals surface area contributed by atoms with Gasteiger partial charge >= 0.3 is 0 Å². The third-order valence-corrected chi connectivity index (χ3v) is 2.51. The van der Waals surface area contributed by atoms with E-state index in [1.807, 2.05) is 6.07 Å². The highest BCUT2D eigenvalue weighted by molar-refractivity contribution is 6.31. The van der Waals surface area contributed by atoms with Crippen LogP contribution in [0.25, 0.3) is 0 Å². The minimum absolute atomic E-state index is 0.0253. The molecule has 1 nitrogen and oxygen atoms in total. The molecule has 0 bridgehead atoms. The largest absolute Gasteiger partial charge is 0.295 e. The molecule has 0 amide bonds. The van der Waals surface area contributed by atoms with E-state index in [0.717, 1.165) is 16.1 Å². The van der Waals surface area contributed by atoms with E-state index in [1.54, 1.807) is 19.1 Å². The van der Waals surface area contributed by atoms with Gasteiger partial charge in [-0.15, -0.1) is 0 Å². The summed E-state index contributed by atoms with van der Waals surface area (Å²) in [5, 5.41) is 0.725. The summed E-state index contributed by atoms with van der Waals surface area (Å²) < 4.78 is 0. The summed E-state index contributed by atoms with van der Waals surface area (Å²) in [6.45, 7) is 7.81. The molecule has 2 heteroatoms. The molecule has 0 unspecified atom stereocenters. The van der Waals surface area contributed by atoms with Crippen LogP contribution < -0.4 is 0 Å². The third kappa shape index (κ3) is 2.36. The molecule has 0 saturated carbocycles. The fourth-order valence-corrected chi connectivity index (χ4v) is 1.72. The summed E-state index contributed by atoms with van der Waals surface area (Å²) >= 11 is 6.07. The zero-order valence-electron chi connectivity index (χ0n) is 9.02. The standard InChI is InChI=1S/C12H15ClO/c1-8(14)9-5-6-11(13)10(7-9)12(2,3)4/h5-7H,1-4H3. The first kappa shape index (κ1) is 11.3. The van der Waals surface area contributed by atoms with Crippen LogP contribution in [-0.4, -0.2) is 5.78 Å². The number of rotatable bonds is 1. The molecule has 0 spiro atoms. The van der Waals surface area contributed by atoms with Gasteiger partial charge in [-0.3, -0.25) is 4.79 Å². The second-order valence-corrected chi connectivity index (χ2v) is 4.91. The van der Waals surface area contributed by atoms with Gasteiger partial charge in [0.05, 0.1) is 0 Å². The smallest absolute Gasteiger partial charge is 0.159 e. The van der Waals surface area contributed by atoms with Crippen LogP contribution in [0.3, 0.4) is 0 Å². The topological polar surface area (TPSA) is 17.1 Å². The number of halogens is 1. The molecule has 0 aromatic heterocycles. The number of ketones is 1. The molecule has 0 saturated heterocycles. The van der Waals surface area contributed by atoms with Crippen LogP contribution >= 0.6 is 11.6 Å². The molecule has 14 heavy (non-hydrogen) atoms. The predicted octanol–water partition coefficient (Wildman–Crippen LogP) is 3.84. The van der Waals surface area contributed by atoms with E-state index in [9.17, 15) is 4.79 Å². The first-order chi connectivity index (χ1) is 6.32. The quantitative estimate of drug-likeness (QED) is 0.644. The highest BCUT2D eigenvalue weighted by atomic mass is 35.5. The molecule has 0 heterocycles. The van der Waals surface area contributed by atoms with Crippen LogP contribution in [-0.2, 0) is 5.41 Å². The van der Waals surface area contributed by atoms with E-state index in [-0.39, 0.29) is 11.2 Å². The molecule has 1 aromatic carbocycles. The molecule has 0 fully saturated rings. The lowest BCUT2D eigenvalue weighted by molar-refractivity contribution is 0.101. The molecular weight excluding hydrogens is 196 g/mol. The minimum atomic E-state index is -0.0253. The average Bonchev–Trinajstić information content (AvgIpc) is 2.02. The lowest BCUT2D eigenvalue weighted by Crippen LogP contribution is -2.12. The summed E-state index contributed by atoms with van der Waals surface area (Å²) in [4.78, 5) is 11.2. The Balaban J connectivity index is 3.29. The number of hydrogen-bond acceptors (Lipinski definition) is 1. The van der Waals surface area contributed by atoms with Crippen molar-refractivity contribution in [2.45, 2.75) is 33.1 Å². The Morgan fingerprint density at radius 3 is 2.29 bits per heavy atom. The molecule has 0 aliphatic rings. The summed E-state index contributed by atoms with van der Waals surface area (Å²) in [5.41, 5.74) is 1.72. The zero-order valence-corrected chi connectivity index (χ0v) is 9.77. The lowest BCUT2D eigenvalue weighted by Gasteiger charge is -2.21. The van der Waals surface area contributed by atoms with Crippen LogP contribution in [0.1, 0.15) is 43.6 Å². The van der Waals surface area contributed by atoms with Crippen molar-refractivity contribution >= 4 is 17.4 Å². The van der Waals surface area contributed by atoms with Gasteiger partial charge in [-0.2, -0.15) is 0 Å². The van der Waals surface area contributed by atoms with Crippen LogP contribution in [0.4, 0.5) is 0 Å². The Morgan fingerprint density at radius 2 is 1.86 bits per heavy atom. The Kier molecular flexibility index (Phi) is 3.01. The fourth-order valence-electron chi connectivity index (χ4n) is 1.32. The minimum Gasteiger partial charge on any atom is -0.295 e. The van der Waals surface area contributed by atoms with E-state index < -0.39 is 0 Å². The van der Waals surface area contributed by atoms with Gasteiger partial charge in [0.2, 0.25) is 0 Å². The van der Waals surface area contributed by atoms with Gasteiger partial charge in [0.15, 0.2) is 5.78 Å². The van der Waals surface area contributed by atoms with Crippen LogP contribution in [0.2, 0.25) is 5.02 Å². The first-order valence-electron chi connectivity index (χ1n) is 4.63. The number of carbonyl (C=O) groups excluding carboxylic acids is 1. The molecule has 0 aliphatic heterocycles. The van der Waals surface area contributed by atoms with Crippen molar-refractivity contribution in [2.24, 2.45) is 0 Å². The maximum Gasteiger partial charge on any atom is 0.159 e. The van der Waals surface area contributed by atoms with E-state index in [1.165, 1.54) is 0 Å². The van der Waals surface area contributed by atoms with Gasteiger partial charge in [0, 0.05) is 10.6 Å². The predicted molar refractivity (Wildman–Crippen MR) is 60.2 cm³/mol. The maximum absolute atomic E-state index is 11.2. The Bertz CT molecular complexity index is 361. The van der Waals surface area contributed by atoms with Crippen molar-refractivity contribution in [2.75, 3.05) is 0 Å². The van der Waals surface area contributed by atoms with Crippen molar-refractivity contribution in [1.82, 2.24) is 0 Å². The fraction of sp³-hybridized carbons (Fsp3) is 0.417. The van der Waals surface area contributed by atoms with Gasteiger partial charge in [0.1, 0.15) is 0 Å². The van der Waals surface area contributed by atoms with Crippen LogP contribution in [0, 0.1) is 0 Å². The summed E-state index contributed by atoms with van der Waals surface area (Å²) in [5.74, 6) is 0.0761. The maximum atomic E-state index is 11.2. The first-order valence-corrected chi connectivity index (χ1v) is 5.01. The van der Waals surface area contributed by atoms with Gasteiger partial charge in [-0.1, -0.05) is 32.4 Å². The second kappa shape index (κ2) is 3.74. The third-order valence-electron chi connectivity index (χ3n) is 2.18. The van der Waals surface area contributed by atoms with Crippen molar-refractivity contribution in [3.63, 3.8) is 0 Å². The molecule has 1 aromatic rings. The number of benzene rings is 1. The van der Waals surface area contributed by atoms with Crippen molar-refractivity contribution in [3.8, 4) is 0 Å². The van der Waals surface area contributed by atoms with Crippen LogP contribution in [0.15, 0.2) is 18.2 Å². The zero-order chi connectivity index (χ0) is 10.9. The average molecular weight is 211 g/mol. The molecule has 0 atom stereocenters. The SMILES string of the molecule is CC(=O)c1ccc(Cl)c(C(C)(C)C)c1. The number of carbonyl (C=O) groups is 1. The molecule has 1 rings (SSSR count). The molecule has 76 valence electrons. The van der Waals surface area contributed by atoms with Crippen molar-refractivity contribution in [1.29, 1.82) is 0 Å². The van der Waals surface area contributed by atoms with Crippen molar-refractivity contribution in [3.05, 3.63) is 34.3 Å². The monoisotopic (exact) mass is 210 g/mol. The van der Waals surface area contributed by atoms with E-state index in [4.69, 9.17) is 11.6 Å².